The lowest BCUT2D eigenvalue weighted by molar-refractivity contribution is -0.142. The fourth-order valence-corrected chi connectivity index (χ4v) is 0.928. The van der Waals surface area contributed by atoms with Gasteiger partial charge in [0.25, 0.3) is 0 Å². The largest absolute Gasteiger partial charge is 0.481 e. The van der Waals surface area contributed by atoms with Crippen LogP contribution in [0.4, 0.5) is 0 Å². The molecule has 0 heterocycles. The summed E-state index contributed by atoms with van der Waals surface area (Å²) in [7, 11) is 0. The molecule has 0 aromatic heterocycles. The van der Waals surface area contributed by atoms with E-state index in [2.05, 4.69) is 6.92 Å². The lowest BCUT2D eigenvalue weighted by Gasteiger charge is -2.10. The highest BCUT2D eigenvalue weighted by atomic mass is 16.4. The molecule has 0 rings (SSSR count). The summed E-state index contributed by atoms with van der Waals surface area (Å²) in [5.41, 5.74) is 0. The molecule has 1 N–H and O–H groups in total. The maximum absolute atomic E-state index is 10.4. The molecule has 0 aromatic rings. The summed E-state index contributed by atoms with van der Waals surface area (Å²) in [4.78, 5) is 10.4. The fraction of sp³-hybridized carbons (Fsp3) is 0.750. The number of carboxylic acid groups (broad SMARTS) is 1. The molecular formula is C8H15O2. The first kappa shape index (κ1) is 9.47. The van der Waals surface area contributed by atoms with Crippen LogP contribution in [0.3, 0.4) is 0 Å². The van der Waals surface area contributed by atoms with Gasteiger partial charge < -0.3 is 5.11 Å². The summed E-state index contributed by atoms with van der Waals surface area (Å²) in [6.45, 7) is 7.57. The van der Waals surface area contributed by atoms with Crippen LogP contribution in [-0.4, -0.2) is 11.1 Å². The Bertz CT molecular complexity index is 108. The van der Waals surface area contributed by atoms with Gasteiger partial charge in [-0.25, -0.2) is 0 Å². The Balaban J connectivity index is 3.72. The van der Waals surface area contributed by atoms with Crippen LogP contribution in [0.15, 0.2) is 0 Å². The van der Waals surface area contributed by atoms with E-state index < -0.39 is 5.97 Å². The molecule has 0 saturated heterocycles. The summed E-state index contributed by atoms with van der Waals surface area (Å²) in [6.07, 6.45) is 1.39. The number of aliphatic carboxylic acids is 1. The predicted octanol–water partition coefficient (Wildman–Crippen LogP) is 1.96. The molecular weight excluding hydrogens is 128 g/mol. The summed E-state index contributed by atoms with van der Waals surface area (Å²) >= 11 is 0. The van der Waals surface area contributed by atoms with Gasteiger partial charge in [0.2, 0.25) is 0 Å². The SMILES string of the molecule is [CH2]C(C)CC(CC)C(=O)O. The van der Waals surface area contributed by atoms with E-state index in [4.69, 9.17) is 5.11 Å². The van der Waals surface area contributed by atoms with Gasteiger partial charge in [0.05, 0.1) is 5.92 Å². The molecule has 0 aliphatic rings. The molecule has 0 spiro atoms. The van der Waals surface area contributed by atoms with E-state index in [9.17, 15) is 4.79 Å². The van der Waals surface area contributed by atoms with E-state index >= 15 is 0 Å². The maximum Gasteiger partial charge on any atom is 0.306 e. The van der Waals surface area contributed by atoms with Gasteiger partial charge in [0, 0.05) is 0 Å². The fourth-order valence-electron chi connectivity index (χ4n) is 0.928. The van der Waals surface area contributed by atoms with Gasteiger partial charge in [-0.3, -0.25) is 4.79 Å². The summed E-state index contributed by atoms with van der Waals surface area (Å²) in [5.74, 6) is -0.661. The normalized spacial score (nSPS) is 13.6. The zero-order valence-electron chi connectivity index (χ0n) is 6.63. The molecule has 0 saturated carbocycles. The topological polar surface area (TPSA) is 37.3 Å². The standard InChI is InChI=1S/C8H15O2/c1-4-7(8(9)10)5-6(2)3/h6-7H,2,4-5H2,1,3H3,(H,9,10). The molecule has 0 aliphatic heterocycles. The van der Waals surface area contributed by atoms with Gasteiger partial charge in [-0.2, -0.15) is 0 Å². The van der Waals surface area contributed by atoms with Crippen molar-refractivity contribution in [2.75, 3.05) is 0 Å². The third-order valence-corrected chi connectivity index (χ3v) is 1.53. The Morgan fingerprint density at radius 2 is 2.20 bits per heavy atom. The Hall–Kier alpha value is -0.530. The lowest BCUT2D eigenvalue weighted by Crippen LogP contribution is -2.14. The predicted molar refractivity (Wildman–Crippen MR) is 40.6 cm³/mol. The van der Waals surface area contributed by atoms with Crippen LogP contribution in [0.1, 0.15) is 26.7 Å². The van der Waals surface area contributed by atoms with Gasteiger partial charge in [-0.15, -0.1) is 0 Å². The van der Waals surface area contributed by atoms with Gasteiger partial charge in [-0.1, -0.05) is 20.8 Å². The minimum Gasteiger partial charge on any atom is -0.481 e. The van der Waals surface area contributed by atoms with Crippen molar-refractivity contribution in [2.24, 2.45) is 11.8 Å². The van der Waals surface area contributed by atoms with Crippen molar-refractivity contribution in [3.63, 3.8) is 0 Å². The quantitative estimate of drug-likeness (QED) is 0.653. The maximum atomic E-state index is 10.4. The average Bonchev–Trinajstić information content (AvgIpc) is 1.81. The van der Waals surface area contributed by atoms with Crippen molar-refractivity contribution in [3.05, 3.63) is 6.92 Å². The van der Waals surface area contributed by atoms with Gasteiger partial charge in [0.15, 0.2) is 0 Å². The van der Waals surface area contributed by atoms with Crippen LogP contribution in [0.2, 0.25) is 0 Å². The smallest absolute Gasteiger partial charge is 0.306 e. The number of carboxylic acids is 1. The second kappa shape index (κ2) is 4.31. The molecule has 0 aliphatic carbocycles. The first-order valence-corrected chi connectivity index (χ1v) is 3.63. The summed E-state index contributed by atoms with van der Waals surface area (Å²) in [6, 6.07) is 0. The lowest BCUT2D eigenvalue weighted by atomic mass is 9.95. The summed E-state index contributed by atoms with van der Waals surface area (Å²) < 4.78 is 0. The highest BCUT2D eigenvalue weighted by Crippen LogP contribution is 2.14. The van der Waals surface area contributed by atoms with Crippen LogP contribution >= 0.6 is 0 Å². The Kier molecular flexibility index (Phi) is 4.08. The highest BCUT2D eigenvalue weighted by Gasteiger charge is 2.15. The third-order valence-electron chi connectivity index (χ3n) is 1.53. The molecule has 0 bridgehead atoms. The third kappa shape index (κ3) is 3.49. The summed E-state index contributed by atoms with van der Waals surface area (Å²) in [5, 5.41) is 8.59. The molecule has 0 aromatic carbocycles. The van der Waals surface area contributed by atoms with E-state index in [0.29, 0.717) is 12.8 Å². The van der Waals surface area contributed by atoms with Gasteiger partial charge >= 0.3 is 5.97 Å². The van der Waals surface area contributed by atoms with E-state index in [-0.39, 0.29) is 11.8 Å². The van der Waals surface area contributed by atoms with Crippen molar-refractivity contribution >= 4 is 5.97 Å². The number of hydrogen-bond donors (Lipinski definition) is 1. The van der Waals surface area contributed by atoms with Crippen LogP contribution in [0.5, 0.6) is 0 Å². The minimum atomic E-state index is -0.696. The number of carbonyl (C=O) groups is 1. The number of rotatable bonds is 4. The minimum absolute atomic E-state index is 0.201. The monoisotopic (exact) mass is 143 g/mol. The molecule has 2 nitrogen and oxygen atoms in total. The average molecular weight is 143 g/mol. The number of hydrogen-bond acceptors (Lipinski definition) is 1. The second-order valence-electron chi connectivity index (χ2n) is 2.78. The van der Waals surface area contributed by atoms with Crippen molar-refractivity contribution in [1.29, 1.82) is 0 Å². The first-order chi connectivity index (χ1) is 4.57. The Morgan fingerprint density at radius 3 is 2.30 bits per heavy atom. The zero-order chi connectivity index (χ0) is 8.15. The van der Waals surface area contributed by atoms with E-state index in [1.165, 1.54) is 0 Å². The van der Waals surface area contributed by atoms with E-state index in [1.807, 2.05) is 13.8 Å². The molecule has 2 heteroatoms. The highest BCUT2D eigenvalue weighted by molar-refractivity contribution is 5.69. The van der Waals surface area contributed by atoms with Crippen molar-refractivity contribution in [3.8, 4) is 0 Å². The molecule has 2 atom stereocenters. The van der Waals surface area contributed by atoms with Gasteiger partial charge in [-0.05, 0) is 18.8 Å². The molecule has 1 radical (unpaired) electrons. The van der Waals surface area contributed by atoms with Gasteiger partial charge in [0.1, 0.15) is 0 Å². The van der Waals surface area contributed by atoms with Crippen molar-refractivity contribution in [2.45, 2.75) is 26.7 Å². The van der Waals surface area contributed by atoms with Crippen LogP contribution in [0.25, 0.3) is 0 Å². The van der Waals surface area contributed by atoms with Crippen molar-refractivity contribution in [1.82, 2.24) is 0 Å². The van der Waals surface area contributed by atoms with Crippen LogP contribution in [-0.2, 0) is 4.79 Å². The molecule has 10 heavy (non-hydrogen) atoms. The van der Waals surface area contributed by atoms with E-state index in [1.54, 1.807) is 0 Å². The molecule has 0 fully saturated rings. The first-order valence-electron chi connectivity index (χ1n) is 3.63. The zero-order valence-corrected chi connectivity index (χ0v) is 6.63. The second-order valence-corrected chi connectivity index (χ2v) is 2.78. The Labute approximate surface area is 62.2 Å². The molecule has 59 valence electrons. The van der Waals surface area contributed by atoms with Crippen LogP contribution in [0, 0.1) is 18.8 Å². The van der Waals surface area contributed by atoms with Crippen molar-refractivity contribution < 1.29 is 9.90 Å². The van der Waals surface area contributed by atoms with Crippen LogP contribution < -0.4 is 0 Å². The molecule has 0 amide bonds. The molecule has 2 unspecified atom stereocenters. The van der Waals surface area contributed by atoms with E-state index in [0.717, 1.165) is 0 Å². The Morgan fingerprint density at radius 1 is 1.70 bits per heavy atom.